The van der Waals surface area contributed by atoms with Gasteiger partial charge in [-0.15, -0.1) is 11.6 Å². The van der Waals surface area contributed by atoms with E-state index >= 15 is 0 Å². The minimum atomic E-state index is -0.0456. The monoisotopic (exact) mass is 457 g/mol. The van der Waals surface area contributed by atoms with Gasteiger partial charge in [-0.1, -0.05) is 155 Å². The molecule has 31 heavy (non-hydrogen) atoms. The van der Waals surface area contributed by atoms with Crippen LogP contribution < -0.4 is 5.32 Å². The van der Waals surface area contributed by atoms with Gasteiger partial charge in [0.05, 0.1) is 0 Å². The molecule has 1 N–H and O–H groups in total. The number of rotatable bonds is 26. The SMILES string of the molecule is CCCCCCCCCCCCCCCCCCCCCCCCCCNC(=O)CCl. The number of amides is 1. The third kappa shape index (κ3) is 27.7. The summed E-state index contributed by atoms with van der Waals surface area (Å²) < 4.78 is 0. The summed E-state index contributed by atoms with van der Waals surface area (Å²) in [6.07, 6.45) is 33.9. The molecule has 0 aromatic carbocycles. The zero-order chi connectivity index (χ0) is 22.7. The van der Waals surface area contributed by atoms with Gasteiger partial charge in [0.1, 0.15) is 5.88 Å². The van der Waals surface area contributed by atoms with Gasteiger partial charge in [-0.05, 0) is 6.42 Å². The van der Waals surface area contributed by atoms with Gasteiger partial charge in [0.15, 0.2) is 0 Å². The Morgan fingerprint density at radius 3 is 1.00 bits per heavy atom. The normalized spacial score (nSPS) is 11.2. The van der Waals surface area contributed by atoms with Gasteiger partial charge >= 0.3 is 0 Å². The average molecular weight is 458 g/mol. The first-order chi connectivity index (χ1) is 15.3. The maximum atomic E-state index is 11.0. The van der Waals surface area contributed by atoms with Crippen LogP contribution in [0.15, 0.2) is 0 Å². The van der Waals surface area contributed by atoms with E-state index in [4.69, 9.17) is 11.6 Å². The third-order valence-corrected chi connectivity index (χ3v) is 6.72. The standard InChI is InChI=1S/C28H56ClNO/c1-2-3-4-5-6-7-8-9-10-11-12-13-14-15-16-17-18-19-20-21-22-23-24-25-26-30-28(31)27-29/h2-27H2,1H3,(H,30,31). The summed E-state index contributed by atoms with van der Waals surface area (Å²) >= 11 is 5.45. The van der Waals surface area contributed by atoms with Crippen LogP contribution in [0.5, 0.6) is 0 Å². The van der Waals surface area contributed by atoms with Crippen LogP contribution in [0, 0.1) is 0 Å². The van der Waals surface area contributed by atoms with E-state index in [1.54, 1.807) is 0 Å². The number of unbranched alkanes of at least 4 members (excludes halogenated alkanes) is 23. The van der Waals surface area contributed by atoms with Crippen molar-refractivity contribution < 1.29 is 4.79 Å². The Labute approximate surface area is 201 Å². The lowest BCUT2D eigenvalue weighted by Gasteiger charge is -2.05. The largest absolute Gasteiger partial charge is 0.355 e. The topological polar surface area (TPSA) is 29.1 Å². The van der Waals surface area contributed by atoms with E-state index in [0.29, 0.717) is 0 Å². The minimum Gasteiger partial charge on any atom is -0.355 e. The predicted octanol–water partition coefficient (Wildman–Crippen LogP) is 9.72. The van der Waals surface area contributed by atoms with Gasteiger partial charge in [-0.3, -0.25) is 4.79 Å². The van der Waals surface area contributed by atoms with Crippen molar-refractivity contribution >= 4 is 17.5 Å². The zero-order valence-electron chi connectivity index (χ0n) is 21.2. The molecule has 0 atom stereocenters. The van der Waals surface area contributed by atoms with Crippen LogP contribution in [0.2, 0.25) is 0 Å². The summed E-state index contributed by atoms with van der Waals surface area (Å²) in [6, 6.07) is 0. The van der Waals surface area contributed by atoms with Crippen LogP contribution >= 0.6 is 11.6 Å². The summed E-state index contributed by atoms with van der Waals surface area (Å²) in [6.45, 7) is 3.08. The quantitative estimate of drug-likeness (QED) is 0.101. The molecule has 0 fully saturated rings. The second-order valence-electron chi connectivity index (χ2n) is 9.62. The maximum absolute atomic E-state index is 11.0. The number of hydrogen-bond acceptors (Lipinski definition) is 1. The fourth-order valence-electron chi connectivity index (χ4n) is 4.36. The summed E-state index contributed by atoms with van der Waals surface area (Å²) in [7, 11) is 0. The smallest absolute Gasteiger partial charge is 0.234 e. The molecule has 0 saturated heterocycles. The van der Waals surface area contributed by atoms with Gasteiger partial charge in [-0.2, -0.15) is 0 Å². The highest BCUT2D eigenvalue weighted by Crippen LogP contribution is 2.15. The first kappa shape index (κ1) is 30.8. The predicted molar refractivity (Wildman–Crippen MR) is 140 cm³/mol. The molecule has 1 amide bonds. The van der Waals surface area contributed by atoms with Crippen molar-refractivity contribution in [2.24, 2.45) is 0 Å². The number of carbonyl (C=O) groups is 1. The van der Waals surface area contributed by atoms with Crippen molar-refractivity contribution in [3.63, 3.8) is 0 Å². The first-order valence-electron chi connectivity index (χ1n) is 14.1. The summed E-state index contributed by atoms with van der Waals surface area (Å²) in [5, 5.41) is 2.83. The van der Waals surface area contributed by atoms with Gasteiger partial charge in [0, 0.05) is 6.54 Å². The highest BCUT2D eigenvalue weighted by Gasteiger charge is 1.97. The summed E-state index contributed by atoms with van der Waals surface area (Å²) in [5.74, 6) is 0.0371. The maximum Gasteiger partial charge on any atom is 0.234 e. The molecule has 0 saturated carbocycles. The molecule has 0 aromatic heterocycles. The fourth-order valence-corrected chi connectivity index (χ4v) is 4.46. The molecule has 3 heteroatoms. The Bertz CT molecular complexity index is 348. The van der Waals surface area contributed by atoms with E-state index in [1.165, 1.54) is 148 Å². The zero-order valence-corrected chi connectivity index (χ0v) is 21.9. The van der Waals surface area contributed by atoms with E-state index in [2.05, 4.69) is 12.2 Å². The molecular formula is C28H56ClNO. The fraction of sp³-hybridized carbons (Fsp3) is 0.964. The number of carbonyl (C=O) groups excluding carboxylic acids is 1. The third-order valence-electron chi connectivity index (χ3n) is 6.47. The number of hydrogen-bond donors (Lipinski definition) is 1. The molecule has 186 valence electrons. The van der Waals surface area contributed by atoms with Gasteiger partial charge in [0.2, 0.25) is 5.91 Å². The molecule has 0 heterocycles. The first-order valence-corrected chi connectivity index (χ1v) is 14.7. The number of alkyl halides is 1. The van der Waals surface area contributed by atoms with Crippen molar-refractivity contribution in [1.29, 1.82) is 0 Å². The van der Waals surface area contributed by atoms with Crippen LogP contribution in [0.3, 0.4) is 0 Å². The second-order valence-corrected chi connectivity index (χ2v) is 9.88. The molecular weight excluding hydrogens is 402 g/mol. The molecule has 0 aliphatic heterocycles. The van der Waals surface area contributed by atoms with E-state index < -0.39 is 0 Å². The molecule has 0 aromatic rings. The summed E-state index contributed by atoms with van der Waals surface area (Å²) in [4.78, 5) is 11.0. The van der Waals surface area contributed by atoms with Crippen molar-refractivity contribution in [1.82, 2.24) is 5.32 Å². The van der Waals surface area contributed by atoms with Gasteiger partial charge in [-0.25, -0.2) is 0 Å². The van der Waals surface area contributed by atoms with Crippen molar-refractivity contribution in [2.45, 2.75) is 161 Å². The van der Waals surface area contributed by atoms with Crippen LogP contribution in [-0.4, -0.2) is 18.3 Å². The molecule has 0 rings (SSSR count). The van der Waals surface area contributed by atoms with E-state index in [0.717, 1.165) is 13.0 Å². The highest BCUT2D eigenvalue weighted by atomic mass is 35.5. The average Bonchev–Trinajstić information content (AvgIpc) is 2.78. The molecule has 0 bridgehead atoms. The number of nitrogens with one attached hydrogen (secondary N) is 1. The molecule has 0 radical (unpaired) electrons. The van der Waals surface area contributed by atoms with Crippen LogP contribution in [0.25, 0.3) is 0 Å². The summed E-state index contributed by atoms with van der Waals surface area (Å²) in [5.41, 5.74) is 0. The molecule has 0 unspecified atom stereocenters. The Kier molecular flexibility index (Phi) is 27.6. The molecule has 2 nitrogen and oxygen atoms in total. The van der Waals surface area contributed by atoms with E-state index in [-0.39, 0.29) is 11.8 Å². The van der Waals surface area contributed by atoms with Crippen molar-refractivity contribution in [3.05, 3.63) is 0 Å². The van der Waals surface area contributed by atoms with Crippen LogP contribution in [-0.2, 0) is 4.79 Å². The van der Waals surface area contributed by atoms with Crippen LogP contribution in [0.1, 0.15) is 161 Å². The van der Waals surface area contributed by atoms with Crippen molar-refractivity contribution in [3.8, 4) is 0 Å². The Balaban J connectivity index is 3.01. The van der Waals surface area contributed by atoms with E-state index in [1.807, 2.05) is 0 Å². The minimum absolute atomic E-state index is 0.0456. The van der Waals surface area contributed by atoms with E-state index in [9.17, 15) is 4.79 Å². The number of halogens is 1. The highest BCUT2D eigenvalue weighted by molar-refractivity contribution is 6.27. The van der Waals surface area contributed by atoms with Crippen molar-refractivity contribution in [2.75, 3.05) is 12.4 Å². The Morgan fingerprint density at radius 1 is 0.484 bits per heavy atom. The van der Waals surface area contributed by atoms with Crippen LogP contribution in [0.4, 0.5) is 0 Å². The van der Waals surface area contributed by atoms with Gasteiger partial charge < -0.3 is 5.32 Å². The lowest BCUT2D eigenvalue weighted by Crippen LogP contribution is -2.25. The lowest BCUT2D eigenvalue weighted by atomic mass is 10.0. The second kappa shape index (κ2) is 27.8. The lowest BCUT2D eigenvalue weighted by molar-refractivity contribution is -0.118. The Morgan fingerprint density at radius 2 is 0.742 bits per heavy atom. The van der Waals surface area contributed by atoms with Gasteiger partial charge in [0.25, 0.3) is 0 Å². The molecule has 0 aliphatic carbocycles. The Hall–Kier alpha value is -0.240. The molecule has 0 aliphatic rings. The molecule has 0 spiro atoms.